The lowest BCUT2D eigenvalue weighted by molar-refractivity contribution is 0.102. The first kappa shape index (κ1) is 15.8. The van der Waals surface area contributed by atoms with Crippen molar-refractivity contribution in [1.29, 1.82) is 0 Å². The summed E-state index contributed by atoms with van der Waals surface area (Å²) in [5, 5.41) is 2.92. The molecule has 0 atom stereocenters. The number of hydrogen-bond donors (Lipinski definition) is 1. The molecule has 6 nitrogen and oxygen atoms in total. The van der Waals surface area contributed by atoms with E-state index in [1.54, 1.807) is 6.07 Å². The zero-order valence-electron chi connectivity index (χ0n) is 12.1. The summed E-state index contributed by atoms with van der Waals surface area (Å²) in [6.07, 6.45) is 5.63. The molecule has 0 aliphatic heterocycles. The molecule has 24 heavy (non-hydrogen) atoms. The Bertz CT molecular complexity index is 877. The Morgan fingerprint density at radius 3 is 2.67 bits per heavy atom. The number of nitrogens with zero attached hydrogens (tertiary/aromatic N) is 3. The van der Waals surface area contributed by atoms with Crippen LogP contribution in [0.2, 0.25) is 5.02 Å². The number of benzene rings is 1. The summed E-state index contributed by atoms with van der Waals surface area (Å²) in [5.41, 5.74) is 0.333. The molecule has 0 radical (unpaired) electrons. The molecule has 0 fully saturated rings. The SMILES string of the molecule is O=C(Nc1cc(F)cc(Oc2cncnc2)c1)c1cc(Cl)ccn1. The highest BCUT2D eigenvalue weighted by atomic mass is 35.5. The molecule has 1 N–H and O–H groups in total. The van der Waals surface area contributed by atoms with Gasteiger partial charge in [0, 0.05) is 29.0 Å². The molecule has 0 aliphatic rings. The highest BCUT2D eigenvalue weighted by Crippen LogP contribution is 2.25. The van der Waals surface area contributed by atoms with E-state index in [0.717, 1.165) is 6.07 Å². The summed E-state index contributed by atoms with van der Waals surface area (Å²) in [5.74, 6) is -0.549. The van der Waals surface area contributed by atoms with Crippen LogP contribution in [-0.4, -0.2) is 20.9 Å². The fourth-order valence-electron chi connectivity index (χ4n) is 1.89. The molecular formula is C16H10ClFN4O2. The Labute approximate surface area is 141 Å². The first-order valence-corrected chi connectivity index (χ1v) is 7.14. The Morgan fingerprint density at radius 1 is 1.12 bits per heavy atom. The van der Waals surface area contributed by atoms with Crippen LogP contribution < -0.4 is 10.1 Å². The van der Waals surface area contributed by atoms with Gasteiger partial charge >= 0.3 is 0 Å². The average molecular weight is 345 g/mol. The van der Waals surface area contributed by atoms with Crippen LogP contribution in [0.25, 0.3) is 0 Å². The van der Waals surface area contributed by atoms with Crippen molar-refractivity contribution in [2.45, 2.75) is 0 Å². The maximum Gasteiger partial charge on any atom is 0.274 e. The number of hydrogen-bond acceptors (Lipinski definition) is 5. The van der Waals surface area contributed by atoms with Crippen LogP contribution in [-0.2, 0) is 0 Å². The molecule has 0 bridgehead atoms. The van der Waals surface area contributed by atoms with Gasteiger partial charge in [-0.2, -0.15) is 0 Å². The monoisotopic (exact) mass is 344 g/mol. The second kappa shape index (κ2) is 7.01. The van der Waals surface area contributed by atoms with Crippen LogP contribution in [0.15, 0.2) is 55.2 Å². The van der Waals surface area contributed by atoms with Crippen LogP contribution in [0.5, 0.6) is 11.5 Å². The van der Waals surface area contributed by atoms with Crippen molar-refractivity contribution in [1.82, 2.24) is 15.0 Å². The molecule has 2 aromatic heterocycles. The van der Waals surface area contributed by atoms with E-state index in [-0.39, 0.29) is 17.1 Å². The van der Waals surface area contributed by atoms with Gasteiger partial charge in [0.2, 0.25) is 0 Å². The van der Waals surface area contributed by atoms with Gasteiger partial charge in [-0.15, -0.1) is 0 Å². The molecule has 3 aromatic rings. The van der Waals surface area contributed by atoms with Gasteiger partial charge in [0.25, 0.3) is 5.91 Å². The molecule has 0 unspecified atom stereocenters. The molecule has 2 heterocycles. The molecule has 1 aromatic carbocycles. The van der Waals surface area contributed by atoms with E-state index in [1.807, 2.05) is 0 Å². The van der Waals surface area contributed by atoms with Gasteiger partial charge in [-0.3, -0.25) is 9.78 Å². The van der Waals surface area contributed by atoms with Crippen molar-refractivity contribution in [3.8, 4) is 11.5 Å². The number of pyridine rings is 1. The van der Waals surface area contributed by atoms with E-state index in [1.165, 1.54) is 43.1 Å². The minimum atomic E-state index is -0.571. The largest absolute Gasteiger partial charge is 0.454 e. The van der Waals surface area contributed by atoms with Crippen molar-refractivity contribution >= 4 is 23.2 Å². The number of carbonyl (C=O) groups excluding carboxylic acids is 1. The molecule has 0 saturated heterocycles. The summed E-state index contributed by atoms with van der Waals surface area (Å²) >= 11 is 5.82. The van der Waals surface area contributed by atoms with Crippen LogP contribution >= 0.6 is 11.6 Å². The van der Waals surface area contributed by atoms with Crippen LogP contribution in [0.3, 0.4) is 0 Å². The van der Waals surface area contributed by atoms with E-state index in [2.05, 4.69) is 20.3 Å². The van der Waals surface area contributed by atoms with E-state index in [0.29, 0.717) is 10.8 Å². The zero-order chi connectivity index (χ0) is 16.9. The molecule has 1 amide bonds. The van der Waals surface area contributed by atoms with Gasteiger partial charge < -0.3 is 10.1 Å². The van der Waals surface area contributed by atoms with Gasteiger partial charge in [-0.25, -0.2) is 14.4 Å². The fraction of sp³-hybridized carbons (Fsp3) is 0. The Balaban J connectivity index is 1.80. The summed E-state index contributed by atoms with van der Waals surface area (Å²) in [4.78, 5) is 23.6. The number of aromatic nitrogens is 3. The van der Waals surface area contributed by atoms with Crippen molar-refractivity contribution in [3.63, 3.8) is 0 Å². The molecule has 0 aliphatic carbocycles. The molecule has 120 valence electrons. The lowest BCUT2D eigenvalue weighted by Gasteiger charge is -2.09. The third-order valence-corrected chi connectivity index (χ3v) is 3.09. The predicted octanol–water partition coefficient (Wildman–Crippen LogP) is 3.71. The van der Waals surface area contributed by atoms with Crippen molar-refractivity contribution in [2.24, 2.45) is 0 Å². The van der Waals surface area contributed by atoms with Crippen molar-refractivity contribution < 1.29 is 13.9 Å². The second-order valence-electron chi connectivity index (χ2n) is 4.67. The summed E-state index contributed by atoms with van der Waals surface area (Å²) < 4.78 is 19.2. The van der Waals surface area contributed by atoms with Gasteiger partial charge in [0.1, 0.15) is 23.6 Å². The molecular weight excluding hydrogens is 335 g/mol. The minimum Gasteiger partial charge on any atom is -0.454 e. The number of rotatable bonds is 4. The molecule has 8 heteroatoms. The number of halogens is 2. The van der Waals surface area contributed by atoms with E-state index in [4.69, 9.17) is 16.3 Å². The van der Waals surface area contributed by atoms with Gasteiger partial charge in [-0.1, -0.05) is 11.6 Å². The quantitative estimate of drug-likeness (QED) is 0.780. The lowest BCUT2D eigenvalue weighted by atomic mass is 10.2. The number of amides is 1. The van der Waals surface area contributed by atoms with Crippen LogP contribution in [0, 0.1) is 5.82 Å². The van der Waals surface area contributed by atoms with Gasteiger partial charge in [0.15, 0.2) is 5.75 Å². The van der Waals surface area contributed by atoms with E-state index >= 15 is 0 Å². The van der Waals surface area contributed by atoms with Gasteiger partial charge in [0.05, 0.1) is 12.4 Å². The van der Waals surface area contributed by atoms with Crippen molar-refractivity contribution in [3.05, 3.63) is 71.8 Å². The lowest BCUT2D eigenvalue weighted by Crippen LogP contribution is -2.13. The average Bonchev–Trinajstić information content (AvgIpc) is 2.55. The number of anilines is 1. The molecule has 0 saturated carbocycles. The maximum absolute atomic E-state index is 13.7. The smallest absolute Gasteiger partial charge is 0.274 e. The fourth-order valence-corrected chi connectivity index (χ4v) is 2.05. The summed E-state index contributed by atoms with van der Waals surface area (Å²) in [6.45, 7) is 0. The highest BCUT2D eigenvalue weighted by Gasteiger charge is 2.10. The Hall–Kier alpha value is -3.06. The third-order valence-electron chi connectivity index (χ3n) is 2.86. The zero-order valence-corrected chi connectivity index (χ0v) is 12.9. The van der Waals surface area contributed by atoms with E-state index in [9.17, 15) is 9.18 Å². The predicted molar refractivity (Wildman–Crippen MR) is 85.7 cm³/mol. The van der Waals surface area contributed by atoms with Crippen LogP contribution in [0.4, 0.5) is 10.1 Å². The third kappa shape index (κ3) is 4.02. The molecule has 0 spiro atoms. The highest BCUT2D eigenvalue weighted by molar-refractivity contribution is 6.30. The normalized spacial score (nSPS) is 10.2. The summed E-state index contributed by atoms with van der Waals surface area (Å²) in [6, 6.07) is 6.78. The standard InChI is InChI=1S/C16H10ClFN4O2/c17-10-1-2-21-15(3-10)16(23)22-12-4-11(18)5-13(6-12)24-14-7-19-9-20-8-14/h1-9H,(H,22,23). The number of ether oxygens (including phenoxy) is 1. The number of nitrogens with one attached hydrogen (secondary N) is 1. The van der Waals surface area contributed by atoms with Gasteiger partial charge in [-0.05, 0) is 18.2 Å². The number of carbonyl (C=O) groups is 1. The molecule has 3 rings (SSSR count). The first-order chi connectivity index (χ1) is 11.6. The van der Waals surface area contributed by atoms with E-state index < -0.39 is 11.7 Å². The first-order valence-electron chi connectivity index (χ1n) is 6.76. The second-order valence-corrected chi connectivity index (χ2v) is 5.10. The summed E-state index contributed by atoms with van der Waals surface area (Å²) in [7, 11) is 0. The maximum atomic E-state index is 13.7. The topological polar surface area (TPSA) is 77.0 Å². The van der Waals surface area contributed by atoms with Crippen LogP contribution in [0.1, 0.15) is 10.5 Å². The minimum absolute atomic E-state index is 0.116. The Kier molecular flexibility index (Phi) is 4.62. The van der Waals surface area contributed by atoms with Crippen molar-refractivity contribution in [2.75, 3.05) is 5.32 Å². The Morgan fingerprint density at radius 2 is 1.92 bits per heavy atom.